The average molecular weight is 314 g/mol. The molecule has 0 saturated heterocycles. The standard InChI is InChI=1S/C13H16BrNO3/c1-8(5-12(16)17)7-15-13(18)10-4-3-9(2)11(14)6-10/h3-4,6,8H,5,7H2,1-2H3,(H,15,18)(H,16,17). The highest BCUT2D eigenvalue weighted by atomic mass is 79.9. The van der Waals surface area contributed by atoms with E-state index < -0.39 is 5.97 Å². The molecule has 98 valence electrons. The van der Waals surface area contributed by atoms with Crippen LogP contribution in [0.1, 0.15) is 29.3 Å². The van der Waals surface area contributed by atoms with Crippen molar-refractivity contribution >= 4 is 27.8 Å². The third-order valence-electron chi connectivity index (χ3n) is 2.57. The lowest BCUT2D eigenvalue weighted by Crippen LogP contribution is -2.29. The SMILES string of the molecule is Cc1ccc(C(=O)NCC(C)CC(=O)O)cc1Br. The summed E-state index contributed by atoms with van der Waals surface area (Å²) in [5, 5.41) is 11.3. The van der Waals surface area contributed by atoms with Crippen molar-refractivity contribution in [2.75, 3.05) is 6.54 Å². The molecule has 0 radical (unpaired) electrons. The number of carbonyl (C=O) groups is 2. The van der Waals surface area contributed by atoms with Gasteiger partial charge in [0.15, 0.2) is 0 Å². The first-order chi connectivity index (χ1) is 8.40. The van der Waals surface area contributed by atoms with E-state index in [0.29, 0.717) is 12.1 Å². The second kappa shape index (κ2) is 6.54. The quantitative estimate of drug-likeness (QED) is 0.878. The Hall–Kier alpha value is -1.36. The van der Waals surface area contributed by atoms with E-state index in [1.807, 2.05) is 13.0 Å². The molecule has 1 aromatic carbocycles. The van der Waals surface area contributed by atoms with E-state index in [0.717, 1.165) is 10.0 Å². The lowest BCUT2D eigenvalue weighted by Gasteiger charge is -2.10. The van der Waals surface area contributed by atoms with Gasteiger partial charge < -0.3 is 10.4 Å². The molecule has 0 saturated carbocycles. The molecule has 1 aromatic rings. The van der Waals surface area contributed by atoms with E-state index >= 15 is 0 Å². The molecule has 0 fully saturated rings. The van der Waals surface area contributed by atoms with Crippen LogP contribution in [0.5, 0.6) is 0 Å². The van der Waals surface area contributed by atoms with E-state index in [2.05, 4.69) is 21.2 Å². The summed E-state index contributed by atoms with van der Waals surface area (Å²) in [6.45, 7) is 4.09. The summed E-state index contributed by atoms with van der Waals surface area (Å²) in [5.41, 5.74) is 1.63. The van der Waals surface area contributed by atoms with Crippen LogP contribution >= 0.6 is 15.9 Å². The smallest absolute Gasteiger partial charge is 0.303 e. The number of aliphatic carboxylic acids is 1. The number of amides is 1. The van der Waals surface area contributed by atoms with Crippen molar-refractivity contribution in [1.29, 1.82) is 0 Å². The molecule has 18 heavy (non-hydrogen) atoms. The van der Waals surface area contributed by atoms with Crippen LogP contribution in [-0.4, -0.2) is 23.5 Å². The Kier molecular flexibility index (Phi) is 5.34. The highest BCUT2D eigenvalue weighted by molar-refractivity contribution is 9.10. The summed E-state index contributed by atoms with van der Waals surface area (Å²) in [6, 6.07) is 5.36. The molecule has 4 nitrogen and oxygen atoms in total. The summed E-state index contributed by atoms with van der Waals surface area (Å²) in [7, 11) is 0. The molecule has 1 rings (SSSR count). The molecule has 2 N–H and O–H groups in total. The minimum Gasteiger partial charge on any atom is -0.481 e. The minimum atomic E-state index is -0.852. The van der Waals surface area contributed by atoms with E-state index in [1.54, 1.807) is 19.1 Å². The summed E-state index contributed by atoms with van der Waals surface area (Å²) < 4.78 is 0.883. The van der Waals surface area contributed by atoms with Crippen LogP contribution in [0.25, 0.3) is 0 Å². The first kappa shape index (κ1) is 14.7. The Morgan fingerprint density at radius 2 is 2.11 bits per heavy atom. The third-order valence-corrected chi connectivity index (χ3v) is 3.42. The fourth-order valence-electron chi connectivity index (χ4n) is 1.47. The molecule has 0 spiro atoms. The van der Waals surface area contributed by atoms with Gasteiger partial charge in [0, 0.05) is 23.0 Å². The number of carboxylic acids is 1. The molecule has 0 aliphatic heterocycles. The molecule has 5 heteroatoms. The van der Waals surface area contributed by atoms with Gasteiger partial charge in [-0.15, -0.1) is 0 Å². The predicted molar refractivity (Wildman–Crippen MR) is 72.6 cm³/mol. The van der Waals surface area contributed by atoms with Crippen molar-refractivity contribution < 1.29 is 14.7 Å². The lowest BCUT2D eigenvalue weighted by molar-refractivity contribution is -0.137. The van der Waals surface area contributed by atoms with Gasteiger partial charge in [-0.3, -0.25) is 9.59 Å². The number of carbonyl (C=O) groups excluding carboxylic acids is 1. The number of carboxylic acid groups (broad SMARTS) is 1. The minimum absolute atomic E-state index is 0.0534. The van der Waals surface area contributed by atoms with Gasteiger partial charge in [-0.25, -0.2) is 0 Å². The molecule has 1 amide bonds. The molecule has 0 aliphatic rings. The number of rotatable bonds is 5. The van der Waals surface area contributed by atoms with Gasteiger partial charge in [-0.05, 0) is 30.5 Å². The van der Waals surface area contributed by atoms with Crippen molar-refractivity contribution in [2.24, 2.45) is 5.92 Å². The summed E-state index contributed by atoms with van der Waals surface area (Å²) >= 11 is 3.37. The van der Waals surface area contributed by atoms with Crippen LogP contribution in [0.2, 0.25) is 0 Å². The van der Waals surface area contributed by atoms with E-state index in [-0.39, 0.29) is 18.2 Å². The van der Waals surface area contributed by atoms with Crippen LogP contribution in [0.15, 0.2) is 22.7 Å². The van der Waals surface area contributed by atoms with Crippen LogP contribution < -0.4 is 5.32 Å². The summed E-state index contributed by atoms with van der Waals surface area (Å²) in [5.74, 6) is -1.12. The lowest BCUT2D eigenvalue weighted by atomic mass is 10.1. The van der Waals surface area contributed by atoms with Crippen molar-refractivity contribution in [1.82, 2.24) is 5.32 Å². The van der Waals surface area contributed by atoms with Crippen LogP contribution in [-0.2, 0) is 4.79 Å². The first-order valence-electron chi connectivity index (χ1n) is 5.66. The third kappa shape index (κ3) is 4.49. The maximum atomic E-state index is 11.8. The zero-order valence-corrected chi connectivity index (χ0v) is 12.0. The number of nitrogens with one attached hydrogen (secondary N) is 1. The molecular weight excluding hydrogens is 298 g/mol. The van der Waals surface area contributed by atoms with Gasteiger partial charge in [-0.1, -0.05) is 28.9 Å². The molecule has 1 unspecified atom stereocenters. The van der Waals surface area contributed by atoms with Crippen LogP contribution in [0, 0.1) is 12.8 Å². The maximum absolute atomic E-state index is 11.8. The van der Waals surface area contributed by atoms with E-state index in [4.69, 9.17) is 5.11 Å². The first-order valence-corrected chi connectivity index (χ1v) is 6.45. The van der Waals surface area contributed by atoms with Crippen LogP contribution in [0.3, 0.4) is 0 Å². The normalized spacial score (nSPS) is 11.9. The second-order valence-electron chi connectivity index (χ2n) is 4.38. The van der Waals surface area contributed by atoms with Crippen molar-refractivity contribution in [3.05, 3.63) is 33.8 Å². The van der Waals surface area contributed by atoms with Crippen LogP contribution in [0.4, 0.5) is 0 Å². The number of benzene rings is 1. The van der Waals surface area contributed by atoms with Crippen molar-refractivity contribution in [3.8, 4) is 0 Å². The maximum Gasteiger partial charge on any atom is 0.303 e. The summed E-state index contributed by atoms with van der Waals surface area (Å²) in [6.07, 6.45) is 0.0534. The van der Waals surface area contributed by atoms with Gasteiger partial charge in [0.05, 0.1) is 0 Å². The molecule has 0 aliphatic carbocycles. The Morgan fingerprint density at radius 3 is 2.67 bits per heavy atom. The van der Waals surface area contributed by atoms with Gasteiger partial charge >= 0.3 is 5.97 Å². The fraction of sp³-hybridized carbons (Fsp3) is 0.385. The highest BCUT2D eigenvalue weighted by Gasteiger charge is 2.11. The van der Waals surface area contributed by atoms with Crippen molar-refractivity contribution in [2.45, 2.75) is 20.3 Å². The van der Waals surface area contributed by atoms with Gasteiger partial charge in [0.25, 0.3) is 5.91 Å². The van der Waals surface area contributed by atoms with E-state index in [9.17, 15) is 9.59 Å². The Morgan fingerprint density at radius 1 is 1.44 bits per heavy atom. The predicted octanol–water partition coefficient (Wildman–Crippen LogP) is 2.60. The second-order valence-corrected chi connectivity index (χ2v) is 5.23. The van der Waals surface area contributed by atoms with Gasteiger partial charge in [0.2, 0.25) is 0 Å². The summed E-state index contributed by atoms with van der Waals surface area (Å²) in [4.78, 5) is 22.3. The average Bonchev–Trinajstić information content (AvgIpc) is 2.28. The largest absolute Gasteiger partial charge is 0.481 e. The van der Waals surface area contributed by atoms with E-state index in [1.165, 1.54) is 0 Å². The highest BCUT2D eigenvalue weighted by Crippen LogP contribution is 2.17. The molecule has 0 bridgehead atoms. The molecule has 1 atom stereocenters. The number of hydrogen-bond acceptors (Lipinski definition) is 2. The Balaban J connectivity index is 2.55. The Labute approximate surface area is 115 Å². The molecule has 0 aromatic heterocycles. The zero-order chi connectivity index (χ0) is 13.7. The Bertz CT molecular complexity index is 460. The number of halogens is 1. The fourth-order valence-corrected chi connectivity index (χ4v) is 1.85. The zero-order valence-electron chi connectivity index (χ0n) is 10.4. The van der Waals surface area contributed by atoms with Crippen molar-refractivity contribution in [3.63, 3.8) is 0 Å². The molecule has 0 heterocycles. The molecular formula is C13H16BrNO3. The number of hydrogen-bond donors (Lipinski definition) is 2. The number of aryl methyl sites for hydroxylation is 1. The van der Waals surface area contributed by atoms with Gasteiger partial charge in [-0.2, -0.15) is 0 Å². The monoisotopic (exact) mass is 313 g/mol. The topological polar surface area (TPSA) is 66.4 Å². The van der Waals surface area contributed by atoms with Gasteiger partial charge in [0.1, 0.15) is 0 Å².